The van der Waals surface area contributed by atoms with E-state index in [9.17, 15) is 4.79 Å². The third-order valence-corrected chi connectivity index (χ3v) is 2.43. The van der Waals surface area contributed by atoms with E-state index in [2.05, 4.69) is 0 Å². The van der Waals surface area contributed by atoms with Crippen molar-refractivity contribution >= 4 is 17.6 Å². The van der Waals surface area contributed by atoms with Gasteiger partial charge >= 0.3 is 5.97 Å². The molecule has 1 heterocycles. The Morgan fingerprint density at radius 3 is 2.83 bits per heavy atom. The predicted molar refractivity (Wildman–Crippen MR) is 45.5 cm³/mol. The third kappa shape index (κ3) is 2.35. The highest BCUT2D eigenvalue weighted by molar-refractivity contribution is 6.20. The SMILES string of the molecule is CC[C@@H]1C[C@H](Cl)C[C@H](C(=O)O)O1. The smallest absolute Gasteiger partial charge is 0.332 e. The molecule has 0 unspecified atom stereocenters. The molecule has 1 saturated heterocycles. The van der Waals surface area contributed by atoms with E-state index in [1.54, 1.807) is 0 Å². The van der Waals surface area contributed by atoms with Gasteiger partial charge in [0.2, 0.25) is 0 Å². The van der Waals surface area contributed by atoms with E-state index in [0.29, 0.717) is 6.42 Å². The zero-order chi connectivity index (χ0) is 9.14. The second kappa shape index (κ2) is 4.10. The maximum Gasteiger partial charge on any atom is 0.332 e. The van der Waals surface area contributed by atoms with Gasteiger partial charge in [-0.3, -0.25) is 0 Å². The normalized spacial score (nSPS) is 36.3. The van der Waals surface area contributed by atoms with Crippen LogP contribution in [-0.2, 0) is 9.53 Å². The van der Waals surface area contributed by atoms with Gasteiger partial charge in [0.1, 0.15) is 0 Å². The van der Waals surface area contributed by atoms with Crippen LogP contribution in [0.25, 0.3) is 0 Å². The van der Waals surface area contributed by atoms with Crippen molar-refractivity contribution in [2.75, 3.05) is 0 Å². The number of alkyl halides is 1. The van der Waals surface area contributed by atoms with Crippen molar-refractivity contribution < 1.29 is 14.6 Å². The molecule has 1 aliphatic heterocycles. The van der Waals surface area contributed by atoms with Gasteiger partial charge in [0.25, 0.3) is 0 Å². The fraction of sp³-hybridized carbons (Fsp3) is 0.875. The van der Waals surface area contributed by atoms with Crippen LogP contribution >= 0.6 is 11.6 Å². The van der Waals surface area contributed by atoms with Crippen molar-refractivity contribution in [3.05, 3.63) is 0 Å². The van der Waals surface area contributed by atoms with Crippen molar-refractivity contribution in [2.24, 2.45) is 0 Å². The summed E-state index contributed by atoms with van der Waals surface area (Å²) in [6.07, 6.45) is 1.33. The number of carboxylic acid groups (broad SMARTS) is 1. The average molecular weight is 193 g/mol. The quantitative estimate of drug-likeness (QED) is 0.677. The fourth-order valence-electron chi connectivity index (χ4n) is 1.38. The summed E-state index contributed by atoms with van der Waals surface area (Å²) in [6.45, 7) is 1.97. The lowest BCUT2D eigenvalue weighted by molar-refractivity contribution is -0.158. The molecule has 0 aromatic rings. The standard InChI is InChI=1S/C8H13ClO3/c1-2-6-3-5(9)4-7(12-6)8(10)11/h5-7H,2-4H2,1H3,(H,10,11)/t5-,6+,7+/m0/s1. The number of carbonyl (C=O) groups is 1. The van der Waals surface area contributed by atoms with E-state index in [1.807, 2.05) is 6.92 Å². The van der Waals surface area contributed by atoms with Crippen LogP contribution < -0.4 is 0 Å². The Labute approximate surface area is 76.7 Å². The number of halogens is 1. The maximum atomic E-state index is 10.6. The number of aliphatic carboxylic acids is 1. The summed E-state index contributed by atoms with van der Waals surface area (Å²) in [7, 11) is 0. The first kappa shape index (κ1) is 9.81. The van der Waals surface area contributed by atoms with Gasteiger partial charge in [-0.15, -0.1) is 11.6 Å². The second-order valence-electron chi connectivity index (χ2n) is 3.06. The zero-order valence-corrected chi connectivity index (χ0v) is 7.75. The highest BCUT2D eigenvalue weighted by Gasteiger charge is 2.31. The minimum absolute atomic E-state index is 0.0161. The highest BCUT2D eigenvalue weighted by Crippen LogP contribution is 2.25. The second-order valence-corrected chi connectivity index (χ2v) is 3.68. The number of rotatable bonds is 2. The van der Waals surface area contributed by atoms with Crippen molar-refractivity contribution in [3.8, 4) is 0 Å². The lowest BCUT2D eigenvalue weighted by Crippen LogP contribution is -2.37. The molecule has 1 rings (SSSR count). The number of hydrogen-bond acceptors (Lipinski definition) is 2. The molecule has 0 bridgehead atoms. The monoisotopic (exact) mass is 192 g/mol. The van der Waals surface area contributed by atoms with Gasteiger partial charge in [0.15, 0.2) is 6.10 Å². The Kier molecular flexibility index (Phi) is 3.35. The first-order chi connectivity index (χ1) is 5.63. The van der Waals surface area contributed by atoms with Gasteiger partial charge in [-0.2, -0.15) is 0 Å². The number of ether oxygens (including phenoxy) is 1. The van der Waals surface area contributed by atoms with Crippen molar-refractivity contribution in [3.63, 3.8) is 0 Å². The average Bonchev–Trinajstić information content (AvgIpc) is 2.03. The van der Waals surface area contributed by atoms with Crippen LogP contribution in [0.2, 0.25) is 0 Å². The Balaban J connectivity index is 2.51. The van der Waals surface area contributed by atoms with Gasteiger partial charge in [-0.05, 0) is 12.8 Å². The predicted octanol–water partition coefficient (Wildman–Crippen LogP) is 1.64. The molecule has 4 heteroatoms. The first-order valence-corrected chi connectivity index (χ1v) is 4.59. The van der Waals surface area contributed by atoms with Crippen LogP contribution in [0.1, 0.15) is 26.2 Å². The van der Waals surface area contributed by atoms with Gasteiger partial charge in [-0.25, -0.2) is 4.79 Å². The Hall–Kier alpha value is -0.280. The van der Waals surface area contributed by atoms with E-state index in [4.69, 9.17) is 21.4 Å². The van der Waals surface area contributed by atoms with E-state index < -0.39 is 12.1 Å². The molecule has 0 amide bonds. The van der Waals surface area contributed by atoms with Crippen LogP contribution in [-0.4, -0.2) is 28.7 Å². The van der Waals surface area contributed by atoms with Gasteiger partial charge < -0.3 is 9.84 Å². The first-order valence-electron chi connectivity index (χ1n) is 4.15. The minimum atomic E-state index is -0.904. The largest absolute Gasteiger partial charge is 0.479 e. The lowest BCUT2D eigenvalue weighted by atomic mass is 10.0. The van der Waals surface area contributed by atoms with Crippen LogP contribution in [0.3, 0.4) is 0 Å². The molecular weight excluding hydrogens is 180 g/mol. The minimum Gasteiger partial charge on any atom is -0.479 e. The lowest BCUT2D eigenvalue weighted by Gasteiger charge is -2.29. The summed E-state index contributed by atoms with van der Waals surface area (Å²) in [5.41, 5.74) is 0. The summed E-state index contributed by atoms with van der Waals surface area (Å²) >= 11 is 5.89. The summed E-state index contributed by atoms with van der Waals surface area (Å²) in [5, 5.41) is 8.63. The van der Waals surface area contributed by atoms with Gasteiger partial charge in [0, 0.05) is 11.8 Å². The molecule has 1 N–H and O–H groups in total. The summed E-state index contributed by atoms with van der Waals surface area (Å²) in [4.78, 5) is 10.6. The van der Waals surface area contributed by atoms with E-state index in [1.165, 1.54) is 0 Å². The fourth-order valence-corrected chi connectivity index (χ4v) is 1.74. The Morgan fingerprint density at radius 1 is 1.67 bits per heavy atom. The van der Waals surface area contributed by atoms with Crippen molar-refractivity contribution in [1.82, 2.24) is 0 Å². The van der Waals surface area contributed by atoms with Gasteiger partial charge in [0.05, 0.1) is 6.10 Å². The van der Waals surface area contributed by atoms with Gasteiger partial charge in [-0.1, -0.05) is 6.92 Å². The number of hydrogen-bond donors (Lipinski definition) is 1. The third-order valence-electron chi connectivity index (χ3n) is 2.08. The van der Waals surface area contributed by atoms with Crippen LogP contribution in [0, 0.1) is 0 Å². The Morgan fingerprint density at radius 2 is 2.33 bits per heavy atom. The molecule has 1 aliphatic rings. The Bertz CT molecular complexity index is 172. The summed E-state index contributed by atoms with van der Waals surface area (Å²) in [5.74, 6) is -0.904. The molecule has 0 saturated carbocycles. The maximum absolute atomic E-state index is 10.6. The van der Waals surface area contributed by atoms with Crippen LogP contribution in [0.5, 0.6) is 0 Å². The summed E-state index contributed by atoms with van der Waals surface area (Å²) in [6, 6.07) is 0. The van der Waals surface area contributed by atoms with Crippen LogP contribution in [0.15, 0.2) is 0 Å². The zero-order valence-electron chi connectivity index (χ0n) is 7.00. The summed E-state index contributed by atoms with van der Waals surface area (Å²) < 4.78 is 5.28. The number of carboxylic acids is 1. The molecule has 1 fully saturated rings. The molecule has 12 heavy (non-hydrogen) atoms. The molecule has 0 aromatic heterocycles. The highest BCUT2D eigenvalue weighted by atomic mass is 35.5. The molecule has 0 spiro atoms. The van der Waals surface area contributed by atoms with Crippen LogP contribution in [0.4, 0.5) is 0 Å². The molecule has 0 aromatic carbocycles. The van der Waals surface area contributed by atoms with E-state index in [-0.39, 0.29) is 11.5 Å². The molecule has 70 valence electrons. The topological polar surface area (TPSA) is 46.5 Å². The molecule has 0 aliphatic carbocycles. The molecule has 0 radical (unpaired) electrons. The van der Waals surface area contributed by atoms with E-state index >= 15 is 0 Å². The van der Waals surface area contributed by atoms with Crippen molar-refractivity contribution in [1.29, 1.82) is 0 Å². The van der Waals surface area contributed by atoms with Crippen molar-refractivity contribution in [2.45, 2.75) is 43.8 Å². The molecule has 3 atom stereocenters. The molecular formula is C8H13ClO3. The molecule has 3 nitrogen and oxygen atoms in total. The van der Waals surface area contributed by atoms with E-state index in [0.717, 1.165) is 12.8 Å².